The van der Waals surface area contributed by atoms with E-state index < -0.39 is 0 Å². The zero-order chi connectivity index (χ0) is 12.6. The Labute approximate surface area is 96.9 Å². The molecule has 0 spiro atoms. The molecule has 5 heteroatoms. The van der Waals surface area contributed by atoms with Crippen LogP contribution in [0.15, 0.2) is 0 Å². The normalized spacial score (nSPS) is 12.5. The number of amides is 2. The second kappa shape index (κ2) is 8.10. The summed E-state index contributed by atoms with van der Waals surface area (Å²) in [6, 6.07) is 0. The van der Waals surface area contributed by atoms with Gasteiger partial charge in [-0.05, 0) is 18.8 Å². The SMILES string of the molecule is CC(C)C(CN)C(=O)NCCCCC(N)=O. The molecule has 5 N–H and O–H groups in total. The largest absolute Gasteiger partial charge is 0.370 e. The molecule has 0 heterocycles. The van der Waals surface area contributed by atoms with E-state index in [1.54, 1.807) is 0 Å². The molecule has 0 aliphatic heterocycles. The lowest BCUT2D eigenvalue weighted by Crippen LogP contribution is -2.38. The number of hydrogen-bond donors (Lipinski definition) is 3. The summed E-state index contributed by atoms with van der Waals surface area (Å²) in [7, 11) is 0. The molecule has 0 fully saturated rings. The Balaban J connectivity index is 3.68. The molecule has 0 radical (unpaired) electrons. The van der Waals surface area contributed by atoms with Gasteiger partial charge in [0.15, 0.2) is 0 Å². The van der Waals surface area contributed by atoms with Crippen LogP contribution in [0.4, 0.5) is 0 Å². The second-order valence-corrected chi connectivity index (χ2v) is 4.30. The van der Waals surface area contributed by atoms with E-state index in [1.165, 1.54) is 0 Å². The van der Waals surface area contributed by atoms with Crippen molar-refractivity contribution in [1.82, 2.24) is 5.32 Å². The number of rotatable bonds is 8. The van der Waals surface area contributed by atoms with Crippen molar-refractivity contribution in [3.05, 3.63) is 0 Å². The van der Waals surface area contributed by atoms with Crippen LogP contribution in [0.3, 0.4) is 0 Å². The Bertz CT molecular complexity index is 229. The number of nitrogens with one attached hydrogen (secondary N) is 1. The highest BCUT2D eigenvalue weighted by molar-refractivity contribution is 5.79. The zero-order valence-electron chi connectivity index (χ0n) is 10.2. The molecule has 94 valence electrons. The molecule has 0 saturated heterocycles. The Morgan fingerprint density at radius 1 is 1.25 bits per heavy atom. The first-order valence-corrected chi connectivity index (χ1v) is 5.75. The Hall–Kier alpha value is -1.10. The van der Waals surface area contributed by atoms with E-state index in [9.17, 15) is 9.59 Å². The summed E-state index contributed by atoms with van der Waals surface area (Å²) in [5.74, 6) is -0.184. The lowest BCUT2D eigenvalue weighted by molar-refractivity contribution is -0.125. The summed E-state index contributed by atoms with van der Waals surface area (Å²) in [6.45, 7) is 4.90. The number of nitrogens with two attached hydrogens (primary N) is 2. The highest BCUT2D eigenvalue weighted by Crippen LogP contribution is 2.08. The van der Waals surface area contributed by atoms with Gasteiger partial charge in [-0.2, -0.15) is 0 Å². The maximum atomic E-state index is 11.6. The van der Waals surface area contributed by atoms with Crippen LogP contribution in [0.2, 0.25) is 0 Å². The van der Waals surface area contributed by atoms with Gasteiger partial charge in [-0.25, -0.2) is 0 Å². The fourth-order valence-electron chi connectivity index (χ4n) is 1.45. The van der Waals surface area contributed by atoms with Crippen molar-refractivity contribution in [1.29, 1.82) is 0 Å². The summed E-state index contributed by atoms with van der Waals surface area (Å²) >= 11 is 0. The van der Waals surface area contributed by atoms with E-state index >= 15 is 0 Å². The molecule has 0 aliphatic carbocycles. The zero-order valence-corrected chi connectivity index (χ0v) is 10.2. The van der Waals surface area contributed by atoms with Crippen molar-refractivity contribution in [2.75, 3.05) is 13.1 Å². The van der Waals surface area contributed by atoms with Crippen molar-refractivity contribution < 1.29 is 9.59 Å². The summed E-state index contributed by atoms with van der Waals surface area (Å²) in [6.07, 6.45) is 1.86. The van der Waals surface area contributed by atoms with E-state index in [2.05, 4.69) is 5.32 Å². The molecule has 0 rings (SSSR count). The maximum absolute atomic E-state index is 11.6. The predicted octanol–water partition coefficient (Wildman–Crippen LogP) is -0.0109. The first-order valence-electron chi connectivity index (χ1n) is 5.75. The van der Waals surface area contributed by atoms with Gasteiger partial charge in [-0.1, -0.05) is 13.8 Å². The minimum atomic E-state index is -0.298. The van der Waals surface area contributed by atoms with Gasteiger partial charge in [0.1, 0.15) is 0 Å². The van der Waals surface area contributed by atoms with Crippen LogP contribution in [0.25, 0.3) is 0 Å². The molecular weight excluding hydrogens is 206 g/mol. The van der Waals surface area contributed by atoms with Crippen LogP contribution in [-0.2, 0) is 9.59 Å². The number of primary amides is 1. The van der Waals surface area contributed by atoms with Crippen molar-refractivity contribution >= 4 is 11.8 Å². The highest BCUT2D eigenvalue weighted by atomic mass is 16.2. The average molecular weight is 229 g/mol. The summed E-state index contributed by atoms with van der Waals surface area (Å²) in [5, 5.41) is 2.82. The minimum Gasteiger partial charge on any atom is -0.370 e. The van der Waals surface area contributed by atoms with Gasteiger partial charge in [-0.15, -0.1) is 0 Å². The summed E-state index contributed by atoms with van der Waals surface area (Å²) in [4.78, 5) is 22.1. The molecule has 0 aromatic rings. The summed E-state index contributed by atoms with van der Waals surface area (Å²) in [5.41, 5.74) is 10.5. The lowest BCUT2D eigenvalue weighted by atomic mass is 9.95. The number of carbonyl (C=O) groups excluding carboxylic acids is 2. The molecule has 0 saturated carbocycles. The fourth-order valence-corrected chi connectivity index (χ4v) is 1.45. The first-order chi connectivity index (χ1) is 7.49. The standard InChI is InChI=1S/C11H23N3O2/c1-8(2)9(7-12)11(16)14-6-4-3-5-10(13)15/h8-9H,3-7,12H2,1-2H3,(H2,13,15)(H,14,16). The number of carbonyl (C=O) groups is 2. The van der Waals surface area contributed by atoms with Crippen LogP contribution < -0.4 is 16.8 Å². The van der Waals surface area contributed by atoms with Gasteiger partial charge in [0, 0.05) is 19.5 Å². The molecule has 5 nitrogen and oxygen atoms in total. The monoisotopic (exact) mass is 229 g/mol. The van der Waals surface area contributed by atoms with Crippen LogP contribution in [0.1, 0.15) is 33.1 Å². The highest BCUT2D eigenvalue weighted by Gasteiger charge is 2.19. The molecule has 0 aromatic heterocycles. The molecule has 0 bridgehead atoms. The third-order valence-corrected chi connectivity index (χ3v) is 2.54. The Morgan fingerprint density at radius 3 is 2.31 bits per heavy atom. The van der Waals surface area contributed by atoms with Crippen molar-refractivity contribution in [2.24, 2.45) is 23.3 Å². The van der Waals surface area contributed by atoms with Crippen molar-refractivity contribution in [2.45, 2.75) is 33.1 Å². The van der Waals surface area contributed by atoms with Crippen LogP contribution in [0.5, 0.6) is 0 Å². The molecule has 2 amide bonds. The van der Waals surface area contributed by atoms with Crippen molar-refractivity contribution in [3.8, 4) is 0 Å². The van der Waals surface area contributed by atoms with E-state index in [0.717, 1.165) is 6.42 Å². The third kappa shape index (κ3) is 6.40. The van der Waals surface area contributed by atoms with Crippen LogP contribution >= 0.6 is 0 Å². The van der Waals surface area contributed by atoms with Gasteiger partial charge < -0.3 is 16.8 Å². The average Bonchev–Trinajstić information content (AvgIpc) is 2.17. The smallest absolute Gasteiger partial charge is 0.224 e. The Kier molecular flexibility index (Phi) is 7.54. The summed E-state index contributed by atoms with van der Waals surface area (Å²) < 4.78 is 0. The molecule has 1 unspecified atom stereocenters. The predicted molar refractivity (Wildman–Crippen MR) is 63.4 cm³/mol. The molecular formula is C11H23N3O2. The van der Waals surface area contributed by atoms with Gasteiger partial charge >= 0.3 is 0 Å². The Morgan fingerprint density at radius 2 is 1.88 bits per heavy atom. The van der Waals surface area contributed by atoms with Crippen molar-refractivity contribution in [3.63, 3.8) is 0 Å². The van der Waals surface area contributed by atoms with Gasteiger partial charge in [0.25, 0.3) is 0 Å². The second-order valence-electron chi connectivity index (χ2n) is 4.30. The number of unbranched alkanes of at least 4 members (excludes halogenated alkanes) is 1. The van der Waals surface area contributed by atoms with E-state index in [4.69, 9.17) is 11.5 Å². The van der Waals surface area contributed by atoms with E-state index in [1.807, 2.05) is 13.8 Å². The molecule has 0 aliphatic rings. The van der Waals surface area contributed by atoms with Gasteiger partial charge in [-0.3, -0.25) is 9.59 Å². The van der Waals surface area contributed by atoms with Gasteiger partial charge in [0.05, 0.1) is 5.92 Å². The minimum absolute atomic E-state index is 0.00317. The first kappa shape index (κ1) is 14.9. The fraction of sp³-hybridized carbons (Fsp3) is 0.818. The molecule has 1 atom stereocenters. The lowest BCUT2D eigenvalue weighted by Gasteiger charge is -2.18. The van der Waals surface area contributed by atoms with Gasteiger partial charge in [0.2, 0.25) is 11.8 Å². The molecule has 0 aromatic carbocycles. The molecule has 16 heavy (non-hydrogen) atoms. The number of hydrogen-bond acceptors (Lipinski definition) is 3. The quantitative estimate of drug-likeness (QED) is 0.510. The topological polar surface area (TPSA) is 98.2 Å². The van der Waals surface area contributed by atoms with Crippen LogP contribution in [0, 0.1) is 11.8 Å². The third-order valence-electron chi connectivity index (χ3n) is 2.54. The maximum Gasteiger partial charge on any atom is 0.224 e. The van der Waals surface area contributed by atoms with Crippen LogP contribution in [-0.4, -0.2) is 24.9 Å². The van der Waals surface area contributed by atoms with E-state index in [-0.39, 0.29) is 23.7 Å². The van der Waals surface area contributed by atoms with E-state index in [0.29, 0.717) is 25.9 Å².